The molecule has 0 amide bonds. The smallest absolute Gasteiger partial charge is 0.252 e. The molecule has 98 valence electrons. The molecule has 1 aromatic carbocycles. The van der Waals surface area contributed by atoms with E-state index in [2.05, 4.69) is 0 Å². The van der Waals surface area contributed by atoms with E-state index >= 15 is 0 Å². The maximum absolute atomic E-state index is 11.7. The number of hydrogen-bond donors (Lipinski definition) is 0. The number of hydrogen-bond acceptors (Lipinski definition) is 3. The average molecular weight is 287 g/mol. The van der Waals surface area contributed by atoms with Crippen LogP contribution in [0.3, 0.4) is 0 Å². The fraction of sp³-hybridized carbons (Fsp3) is 0.308. The summed E-state index contributed by atoms with van der Waals surface area (Å²) < 4.78 is 23.5. The Morgan fingerprint density at radius 2 is 1.83 bits per heavy atom. The van der Waals surface area contributed by atoms with Crippen LogP contribution in [0, 0.1) is 6.92 Å². The van der Waals surface area contributed by atoms with Crippen LogP contribution in [-0.2, 0) is 9.84 Å². The summed E-state index contributed by atoms with van der Waals surface area (Å²) in [5.41, 5.74) is 2.44. The van der Waals surface area contributed by atoms with E-state index < -0.39 is 15.1 Å². The summed E-state index contributed by atoms with van der Waals surface area (Å²) in [6, 6.07) is 3.01. The molecule has 0 aliphatic heterocycles. The Bertz CT molecular complexity index is 624. The minimum atomic E-state index is -3.41. The van der Waals surface area contributed by atoms with Crippen molar-refractivity contribution in [3.05, 3.63) is 34.4 Å². The van der Waals surface area contributed by atoms with E-state index in [9.17, 15) is 13.2 Å². The highest BCUT2D eigenvalue weighted by atomic mass is 35.5. The van der Waals surface area contributed by atoms with Crippen molar-refractivity contribution in [2.75, 3.05) is 6.26 Å². The van der Waals surface area contributed by atoms with Crippen molar-refractivity contribution in [2.24, 2.45) is 0 Å². The molecular weight excluding hydrogens is 272 g/mol. The van der Waals surface area contributed by atoms with Crippen LogP contribution in [0.25, 0.3) is 6.08 Å². The first-order valence-electron chi connectivity index (χ1n) is 5.32. The van der Waals surface area contributed by atoms with E-state index in [1.165, 1.54) is 6.07 Å². The Labute approximate surface area is 112 Å². The van der Waals surface area contributed by atoms with Crippen LogP contribution in [0.5, 0.6) is 0 Å². The van der Waals surface area contributed by atoms with Crippen LogP contribution in [-0.4, -0.2) is 19.9 Å². The predicted molar refractivity (Wildman–Crippen MR) is 73.8 cm³/mol. The first kappa shape index (κ1) is 14.9. The lowest BCUT2D eigenvalue weighted by atomic mass is 10.0. The highest BCUT2D eigenvalue weighted by Gasteiger charge is 2.17. The second-order valence-corrected chi connectivity index (χ2v) is 6.80. The zero-order valence-electron chi connectivity index (χ0n) is 10.7. The van der Waals surface area contributed by atoms with Crippen molar-refractivity contribution in [3.63, 3.8) is 0 Å². The van der Waals surface area contributed by atoms with Gasteiger partial charge in [-0.15, -0.1) is 0 Å². The molecule has 0 aliphatic rings. The summed E-state index contributed by atoms with van der Waals surface area (Å²) in [6.07, 6.45) is 2.88. The number of halogens is 1. The molecule has 18 heavy (non-hydrogen) atoms. The van der Waals surface area contributed by atoms with Crippen LogP contribution in [0.15, 0.2) is 22.6 Å². The van der Waals surface area contributed by atoms with Gasteiger partial charge in [0.15, 0.2) is 9.84 Å². The average Bonchev–Trinajstić information content (AvgIpc) is 2.13. The van der Waals surface area contributed by atoms with Crippen molar-refractivity contribution >= 4 is 32.8 Å². The number of aryl methyl sites for hydroxylation is 1. The first-order valence-corrected chi connectivity index (χ1v) is 7.59. The molecule has 0 unspecified atom stereocenters. The van der Waals surface area contributed by atoms with Crippen molar-refractivity contribution in [3.8, 4) is 0 Å². The summed E-state index contributed by atoms with van der Waals surface area (Å²) in [6.45, 7) is 5.48. The standard InChI is InChI=1S/C13H15ClO3S/c1-8(2)5-10-6-9(3)11(13(14)15)7-12(10)18(4,16)17/h5-7H,1-4H3. The summed E-state index contributed by atoms with van der Waals surface area (Å²) >= 11 is 5.44. The van der Waals surface area contributed by atoms with E-state index in [1.54, 1.807) is 19.1 Å². The number of sulfone groups is 1. The molecule has 0 bridgehead atoms. The predicted octanol–water partition coefficient (Wildman–Crippen LogP) is 3.20. The maximum atomic E-state index is 11.7. The van der Waals surface area contributed by atoms with Gasteiger partial charge in [0, 0.05) is 11.8 Å². The van der Waals surface area contributed by atoms with Crippen molar-refractivity contribution in [1.82, 2.24) is 0 Å². The molecule has 5 heteroatoms. The largest absolute Gasteiger partial charge is 0.276 e. The Balaban J connectivity index is 3.69. The number of carbonyl (C=O) groups is 1. The second kappa shape index (κ2) is 5.24. The van der Waals surface area contributed by atoms with Gasteiger partial charge in [0.25, 0.3) is 5.24 Å². The number of rotatable bonds is 3. The Morgan fingerprint density at radius 1 is 1.28 bits per heavy atom. The quantitative estimate of drug-likeness (QED) is 0.802. The van der Waals surface area contributed by atoms with Gasteiger partial charge in [-0.25, -0.2) is 8.42 Å². The molecule has 0 aliphatic carbocycles. The molecule has 0 fully saturated rings. The van der Waals surface area contributed by atoms with Crippen LogP contribution in [0.2, 0.25) is 0 Å². The summed E-state index contributed by atoms with van der Waals surface area (Å²) in [5.74, 6) is 0. The van der Waals surface area contributed by atoms with Crippen LogP contribution >= 0.6 is 11.6 Å². The Morgan fingerprint density at radius 3 is 2.22 bits per heavy atom. The minimum absolute atomic E-state index is 0.123. The van der Waals surface area contributed by atoms with Gasteiger partial charge in [0.2, 0.25) is 0 Å². The molecule has 0 heterocycles. The van der Waals surface area contributed by atoms with E-state index in [0.717, 1.165) is 11.8 Å². The van der Waals surface area contributed by atoms with Gasteiger partial charge in [-0.05, 0) is 55.6 Å². The SMILES string of the molecule is CC(C)=Cc1cc(C)c(C(=O)Cl)cc1S(C)(=O)=O. The molecule has 0 spiro atoms. The molecule has 3 nitrogen and oxygen atoms in total. The molecule has 0 N–H and O–H groups in total. The molecular formula is C13H15ClO3S. The van der Waals surface area contributed by atoms with E-state index in [4.69, 9.17) is 11.6 Å². The van der Waals surface area contributed by atoms with Gasteiger partial charge in [-0.3, -0.25) is 4.79 Å². The third-order valence-electron chi connectivity index (χ3n) is 2.41. The fourth-order valence-electron chi connectivity index (χ4n) is 1.67. The zero-order valence-corrected chi connectivity index (χ0v) is 12.3. The number of benzene rings is 1. The zero-order chi connectivity index (χ0) is 14.1. The number of allylic oxidation sites excluding steroid dienone is 1. The van der Waals surface area contributed by atoms with Crippen LogP contribution < -0.4 is 0 Å². The molecule has 0 saturated heterocycles. The first-order chi connectivity index (χ1) is 8.12. The van der Waals surface area contributed by atoms with E-state index in [1.807, 2.05) is 13.8 Å². The maximum Gasteiger partial charge on any atom is 0.252 e. The molecule has 0 aromatic heterocycles. The summed E-state index contributed by atoms with van der Waals surface area (Å²) in [5, 5.41) is -0.652. The van der Waals surface area contributed by atoms with Crippen molar-refractivity contribution < 1.29 is 13.2 Å². The lowest BCUT2D eigenvalue weighted by Gasteiger charge is -2.09. The molecule has 0 radical (unpaired) electrons. The van der Waals surface area contributed by atoms with Gasteiger partial charge in [0.05, 0.1) is 4.90 Å². The van der Waals surface area contributed by atoms with Crippen molar-refractivity contribution in [2.45, 2.75) is 25.7 Å². The monoisotopic (exact) mass is 286 g/mol. The van der Waals surface area contributed by atoms with E-state index in [-0.39, 0.29) is 10.5 Å². The summed E-state index contributed by atoms with van der Waals surface area (Å²) in [4.78, 5) is 11.4. The fourth-order valence-corrected chi connectivity index (χ4v) is 2.75. The normalized spacial score (nSPS) is 11.2. The molecule has 0 atom stereocenters. The van der Waals surface area contributed by atoms with Gasteiger partial charge in [-0.1, -0.05) is 11.6 Å². The minimum Gasteiger partial charge on any atom is -0.276 e. The second-order valence-electron chi connectivity index (χ2n) is 4.47. The van der Waals surface area contributed by atoms with Crippen LogP contribution in [0.4, 0.5) is 0 Å². The topological polar surface area (TPSA) is 51.2 Å². The highest BCUT2D eigenvalue weighted by Crippen LogP contribution is 2.24. The lowest BCUT2D eigenvalue weighted by molar-refractivity contribution is 0.108. The van der Waals surface area contributed by atoms with Gasteiger partial charge in [-0.2, -0.15) is 0 Å². The molecule has 1 aromatic rings. The third-order valence-corrected chi connectivity index (χ3v) is 3.77. The summed E-state index contributed by atoms with van der Waals surface area (Å²) in [7, 11) is -3.41. The van der Waals surface area contributed by atoms with Crippen molar-refractivity contribution in [1.29, 1.82) is 0 Å². The molecule has 1 rings (SSSR count). The van der Waals surface area contributed by atoms with E-state index in [0.29, 0.717) is 11.1 Å². The van der Waals surface area contributed by atoms with Gasteiger partial charge < -0.3 is 0 Å². The molecule has 0 saturated carbocycles. The Hall–Kier alpha value is -1.13. The van der Waals surface area contributed by atoms with Crippen LogP contribution in [0.1, 0.15) is 35.3 Å². The van der Waals surface area contributed by atoms with Gasteiger partial charge in [0.1, 0.15) is 0 Å². The van der Waals surface area contributed by atoms with Gasteiger partial charge >= 0.3 is 0 Å². The third kappa shape index (κ3) is 3.43. The lowest BCUT2D eigenvalue weighted by Crippen LogP contribution is -2.04. The number of carbonyl (C=O) groups excluding carboxylic acids is 1. The highest BCUT2D eigenvalue weighted by molar-refractivity contribution is 7.90. The Kier molecular flexibility index (Phi) is 4.35.